The van der Waals surface area contributed by atoms with Crippen molar-refractivity contribution in [1.29, 1.82) is 0 Å². The zero-order valence-corrected chi connectivity index (χ0v) is 23.3. The largest absolute Gasteiger partial charge is 0.416 e. The average molecular weight is 607 g/mol. The fourth-order valence-corrected chi connectivity index (χ4v) is 5.66. The number of nitrogens with zero attached hydrogens (tertiary/aromatic N) is 5. The first-order chi connectivity index (χ1) is 21.2. The third-order valence-electron chi connectivity index (χ3n) is 7.68. The van der Waals surface area contributed by atoms with Crippen LogP contribution in [0, 0.1) is 5.82 Å². The van der Waals surface area contributed by atoms with E-state index in [1.54, 1.807) is 11.6 Å². The van der Waals surface area contributed by atoms with Crippen molar-refractivity contribution >= 4 is 17.6 Å². The van der Waals surface area contributed by atoms with Crippen molar-refractivity contribution in [2.24, 2.45) is 10.4 Å². The van der Waals surface area contributed by atoms with Crippen LogP contribution >= 0.6 is 0 Å². The highest BCUT2D eigenvalue weighted by atomic mass is 19.4. The minimum Gasteiger partial charge on any atom is -0.380 e. The van der Waals surface area contributed by atoms with E-state index in [1.807, 2.05) is 30.3 Å². The fraction of sp³-hybridized carbons (Fsp3) is 0.258. The number of carbonyl (C=O) groups excluding carboxylic acids is 2. The molecule has 3 aromatic carbocycles. The van der Waals surface area contributed by atoms with Gasteiger partial charge in [0.2, 0.25) is 0 Å². The second-order valence-corrected chi connectivity index (χ2v) is 10.3. The molecule has 0 fully saturated rings. The number of halogens is 4. The Morgan fingerprint density at radius 3 is 2.45 bits per heavy atom. The molecule has 3 atom stereocenters. The average Bonchev–Trinajstić information content (AvgIpc) is 3.42. The van der Waals surface area contributed by atoms with Gasteiger partial charge in [0, 0.05) is 35.3 Å². The first-order valence-corrected chi connectivity index (χ1v) is 13.9. The number of hydrogen-bond donors (Lipinski definition) is 1. The Labute approximate surface area is 249 Å². The monoisotopic (exact) mass is 606 g/mol. The molecule has 3 heterocycles. The van der Waals surface area contributed by atoms with Gasteiger partial charge in [0.1, 0.15) is 30.3 Å². The van der Waals surface area contributed by atoms with Gasteiger partial charge in [0.05, 0.1) is 16.9 Å². The van der Waals surface area contributed by atoms with Gasteiger partial charge in [-0.1, -0.05) is 36.4 Å². The van der Waals surface area contributed by atoms with Crippen molar-refractivity contribution in [2.75, 3.05) is 18.1 Å². The Hall–Kier alpha value is -5.07. The molecule has 0 unspecified atom stereocenters. The molecule has 2 aliphatic rings. The Morgan fingerprint density at radius 1 is 1.05 bits per heavy atom. The Balaban J connectivity index is 1.55. The maximum atomic E-state index is 14.3. The third kappa shape index (κ3) is 5.29. The minimum atomic E-state index is -4.67. The van der Waals surface area contributed by atoms with E-state index in [1.165, 1.54) is 35.2 Å². The fourth-order valence-electron chi connectivity index (χ4n) is 5.66. The predicted octanol–water partition coefficient (Wildman–Crippen LogP) is 6.16. The first kappa shape index (κ1) is 29.0. The number of likely N-dealkylation sites (N-methyl/N-ethyl adjacent to an activating group) is 1. The van der Waals surface area contributed by atoms with E-state index in [0.29, 0.717) is 34.7 Å². The second kappa shape index (κ2) is 11.5. The van der Waals surface area contributed by atoms with Crippen LogP contribution in [0.1, 0.15) is 58.0 Å². The lowest BCUT2D eigenvalue weighted by atomic mass is 9.79. The number of benzene rings is 3. The van der Waals surface area contributed by atoms with Crippen LogP contribution in [-0.4, -0.2) is 40.8 Å². The Kier molecular flexibility index (Phi) is 7.62. The van der Waals surface area contributed by atoms with Gasteiger partial charge < -0.3 is 10.2 Å². The van der Waals surface area contributed by atoms with Crippen molar-refractivity contribution in [1.82, 2.24) is 15.1 Å². The molecule has 0 saturated carbocycles. The highest BCUT2D eigenvalue weighted by molar-refractivity contribution is 6.05. The van der Waals surface area contributed by atoms with Crippen molar-refractivity contribution in [3.63, 3.8) is 0 Å². The summed E-state index contributed by atoms with van der Waals surface area (Å²) in [5.41, 5.74) is 0.928. The van der Waals surface area contributed by atoms with Crippen LogP contribution in [0.15, 0.2) is 89.3 Å². The van der Waals surface area contributed by atoms with E-state index < -0.39 is 47.4 Å². The molecule has 13 heteroatoms. The molecule has 1 N–H and O–H groups in total. The van der Waals surface area contributed by atoms with Gasteiger partial charge in [0.15, 0.2) is 0 Å². The number of rotatable bonds is 6. The van der Waals surface area contributed by atoms with Crippen molar-refractivity contribution in [3.8, 4) is 5.69 Å². The molecule has 2 amide bonds. The first-order valence-electron chi connectivity index (χ1n) is 13.9. The molecular formula is C31H26F4N6O3. The molecular weight excluding hydrogens is 580 g/mol. The zero-order chi connectivity index (χ0) is 31.0. The summed E-state index contributed by atoms with van der Waals surface area (Å²) < 4.78 is 56.1. The second-order valence-electron chi connectivity index (χ2n) is 10.3. The SMILES string of the molecule is CCN1C(=O)[C@@H](NC(=O)c2cccc(C(F)(F)F)c2)[C@@H](c2ccc(F)cc2)c2c([C@H]3CCON=N3)nn(-c3ccccc3)c21. The number of nitrogens with one attached hydrogen (secondary N) is 1. The van der Waals surface area contributed by atoms with E-state index in [4.69, 9.17) is 9.94 Å². The van der Waals surface area contributed by atoms with Crippen molar-refractivity contribution in [3.05, 3.63) is 113 Å². The third-order valence-corrected chi connectivity index (χ3v) is 7.68. The van der Waals surface area contributed by atoms with E-state index in [9.17, 15) is 27.2 Å². The number of fused-ring (bicyclic) bond motifs is 1. The topological polar surface area (TPSA) is 101 Å². The Morgan fingerprint density at radius 2 is 1.80 bits per heavy atom. The van der Waals surface area contributed by atoms with E-state index in [-0.39, 0.29) is 18.7 Å². The molecule has 1 aromatic heterocycles. The van der Waals surface area contributed by atoms with Crippen LogP contribution in [0.3, 0.4) is 0 Å². The molecule has 0 spiro atoms. The summed E-state index contributed by atoms with van der Waals surface area (Å²) in [6.45, 7) is 2.22. The van der Waals surface area contributed by atoms with Gasteiger partial charge >= 0.3 is 6.18 Å². The van der Waals surface area contributed by atoms with Crippen molar-refractivity contribution < 1.29 is 32.0 Å². The van der Waals surface area contributed by atoms with Gasteiger partial charge in [-0.15, -0.1) is 5.11 Å². The quantitative estimate of drug-likeness (QED) is 0.266. The number of anilines is 1. The van der Waals surface area contributed by atoms with Gasteiger partial charge in [-0.05, 0) is 55.0 Å². The van der Waals surface area contributed by atoms with Crippen LogP contribution in [0.5, 0.6) is 0 Å². The molecule has 0 bridgehead atoms. The molecule has 9 nitrogen and oxygen atoms in total. The molecule has 4 aromatic rings. The maximum Gasteiger partial charge on any atom is 0.416 e. The molecule has 0 saturated heterocycles. The molecule has 0 radical (unpaired) electrons. The predicted molar refractivity (Wildman–Crippen MR) is 151 cm³/mol. The number of para-hydroxylation sites is 1. The Bertz CT molecular complexity index is 1720. The molecule has 2 aliphatic heterocycles. The molecule has 226 valence electrons. The van der Waals surface area contributed by atoms with E-state index in [2.05, 4.69) is 15.7 Å². The van der Waals surface area contributed by atoms with Gasteiger partial charge in [-0.25, -0.2) is 9.07 Å². The highest BCUT2D eigenvalue weighted by Crippen LogP contribution is 2.46. The van der Waals surface area contributed by atoms with Crippen LogP contribution < -0.4 is 10.2 Å². The summed E-state index contributed by atoms with van der Waals surface area (Å²) in [6.07, 6.45) is -4.24. The summed E-state index contributed by atoms with van der Waals surface area (Å²) in [4.78, 5) is 34.4. The number of carbonyl (C=O) groups is 2. The number of amides is 2. The van der Waals surface area contributed by atoms with Crippen LogP contribution in [-0.2, 0) is 15.8 Å². The number of hydrogen-bond acceptors (Lipinski definition) is 6. The standard InChI is InChI=1S/C31H26F4N6O3/c1-2-40-29-25(26(23-15-16-44-39-37-23)38-41(29)22-9-4-3-5-10-22)24(18-11-13-21(32)14-12-18)27(30(40)43)36-28(42)19-7-6-8-20(17-19)31(33,34)35/h3-14,17,23-24,27H,2,15-16H2,1H3,(H,36,42)/t23-,24+,27+/m1/s1. The minimum absolute atomic E-state index is 0.186. The number of aromatic nitrogens is 2. The van der Waals surface area contributed by atoms with Gasteiger partial charge in [-0.2, -0.15) is 18.3 Å². The summed E-state index contributed by atoms with van der Waals surface area (Å²) in [6, 6.07) is 16.8. The normalized spacial score (nSPS) is 19.8. The van der Waals surface area contributed by atoms with E-state index >= 15 is 0 Å². The van der Waals surface area contributed by atoms with Crippen LogP contribution in [0.25, 0.3) is 5.69 Å². The van der Waals surface area contributed by atoms with Gasteiger partial charge in [0.25, 0.3) is 11.8 Å². The lowest BCUT2D eigenvalue weighted by molar-refractivity contribution is -0.137. The number of alkyl halides is 3. The summed E-state index contributed by atoms with van der Waals surface area (Å²) in [5, 5.41) is 15.6. The summed E-state index contributed by atoms with van der Waals surface area (Å²) in [5.74, 6) is -2.34. The van der Waals surface area contributed by atoms with Gasteiger partial charge in [-0.3, -0.25) is 14.5 Å². The maximum absolute atomic E-state index is 14.3. The summed E-state index contributed by atoms with van der Waals surface area (Å²) in [7, 11) is 0. The van der Waals surface area contributed by atoms with Crippen LogP contribution in [0.2, 0.25) is 0 Å². The molecule has 44 heavy (non-hydrogen) atoms. The summed E-state index contributed by atoms with van der Waals surface area (Å²) >= 11 is 0. The highest BCUT2D eigenvalue weighted by Gasteiger charge is 2.47. The lowest BCUT2D eigenvalue weighted by Crippen LogP contribution is -2.55. The van der Waals surface area contributed by atoms with E-state index in [0.717, 1.165) is 18.2 Å². The van der Waals surface area contributed by atoms with Crippen LogP contribution in [0.4, 0.5) is 23.4 Å². The lowest BCUT2D eigenvalue weighted by Gasteiger charge is -2.38. The smallest absolute Gasteiger partial charge is 0.380 e. The molecule has 6 rings (SSSR count). The molecule has 0 aliphatic carbocycles. The zero-order valence-electron chi connectivity index (χ0n) is 23.3. The van der Waals surface area contributed by atoms with Crippen molar-refractivity contribution in [2.45, 2.75) is 37.5 Å².